The fraction of sp³-hybridized carbons (Fsp3) is 0.308. The molecule has 0 saturated carbocycles. The molecule has 0 saturated heterocycles. The van der Waals surface area contributed by atoms with E-state index in [1.54, 1.807) is 6.20 Å². The van der Waals surface area contributed by atoms with Crippen LogP contribution >= 0.6 is 0 Å². The molecule has 2 rings (SSSR count). The maximum Gasteiger partial charge on any atom is 0.0489 e. The van der Waals surface area contributed by atoms with Crippen molar-refractivity contribution in [2.45, 2.75) is 19.9 Å². The molecule has 1 aromatic heterocycles. The molecular weight excluding hydrogens is 212 g/mol. The van der Waals surface area contributed by atoms with E-state index in [1.165, 1.54) is 0 Å². The molecule has 0 bridgehead atoms. The minimum atomic E-state index is 0.835. The molecule has 1 heterocycles. The van der Waals surface area contributed by atoms with Gasteiger partial charge >= 0.3 is 0 Å². The number of hydrogen-bond donors (Lipinski definition) is 2. The summed E-state index contributed by atoms with van der Waals surface area (Å²) in [6.45, 7) is 3.89. The molecule has 0 aliphatic carbocycles. The molecule has 90 valence electrons. The Kier molecular flexibility index (Phi) is 3.65. The second-order valence-electron chi connectivity index (χ2n) is 4.07. The molecule has 0 amide bonds. The van der Waals surface area contributed by atoms with Gasteiger partial charge in [-0.15, -0.1) is 0 Å². The van der Waals surface area contributed by atoms with Gasteiger partial charge < -0.3 is 11.1 Å². The number of aromatic nitrogens is 2. The second kappa shape index (κ2) is 5.39. The summed E-state index contributed by atoms with van der Waals surface area (Å²) in [6.07, 6.45) is 4.82. The van der Waals surface area contributed by atoms with Gasteiger partial charge in [-0.25, -0.2) is 0 Å². The van der Waals surface area contributed by atoms with Crippen molar-refractivity contribution in [2.75, 3.05) is 17.6 Å². The first-order valence-corrected chi connectivity index (χ1v) is 5.84. The number of hydrogen-bond acceptors (Lipinski definition) is 3. The van der Waals surface area contributed by atoms with Crippen molar-refractivity contribution < 1.29 is 0 Å². The zero-order valence-corrected chi connectivity index (χ0v) is 10.1. The van der Waals surface area contributed by atoms with Gasteiger partial charge in [-0.2, -0.15) is 5.10 Å². The zero-order chi connectivity index (χ0) is 12.1. The molecule has 3 N–H and O–H groups in total. The SMILES string of the molecule is Cc1c(N)cccc1NCCCn1cccn1. The standard InChI is InChI=1S/C13H18N4/c1-11-12(14)5-2-6-13(11)15-7-3-9-17-10-4-8-16-17/h2,4-6,8,10,15H,3,7,9,14H2,1H3. The minimum Gasteiger partial charge on any atom is -0.398 e. The average Bonchev–Trinajstić information content (AvgIpc) is 2.83. The van der Waals surface area contributed by atoms with Crippen LogP contribution in [0.5, 0.6) is 0 Å². The normalized spacial score (nSPS) is 10.4. The Labute approximate surface area is 101 Å². The Morgan fingerprint density at radius 2 is 2.24 bits per heavy atom. The summed E-state index contributed by atoms with van der Waals surface area (Å²) in [7, 11) is 0. The smallest absolute Gasteiger partial charge is 0.0489 e. The molecule has 0 aliphatic rings. The highest BCUT2D eigenvalue weighted by Crippen LogP contribution is 2.20. The van der Waals surface area contributed by atoms with Crippen molar-refractivity contribution in [3.05, 3.63) is 42.2 Å². The summed E-state index contributed by atoms with van der Waals surface area (Å²) in [4.78, 5) is 0. The van der Waals surface area contributed by atoms with E-state index in [0.29, 0.717) is 0 Å². The molecule has 0 aliphatic heterocycles. The van der Waals surface area contributed by atoms with Gasteiger partial charge in [0.05, 0.1) is 0 Å². The zero-order valence-electron chi connectivity index (χ0n) is 10.1. The van der Waals surface area contributed by atoms with Crippen molar-refractivity contribution in [3.8, 4) is 0 Å². The number of nitrogens with zero attached hydrogens (tertiary/aromatic N) is 2. The molecule has 2 aromatic rings. The molecule has 1 aromatic carbocycles. The summed E-state index contributed by atoms with van der Waals surface area (Å²) >= 11 is 0. The number of nitrogens with two attached hydrogens (primary N) is 1. The van der Waals surface area contributed by atoms with Crippen LogP contribution in [0.25, 0.3) is 0 Å². The lowest BCUT2D eigenvalue weighted by Gasteiger charge is -2.11. The van der Waals surface area contributed by atoms with Gasteiger partial charge in [-0.1, -0.05) is 6.07 Å². The molecule has 0 atom stereocenters. The summed E-state index contributed by atoms with van der Waals surface area (Å²) in [5.41, 5.74) is 8.92. The van der Waals surface area contributed by atoms with E-state index in [9.17, 15) is 0 Å². The number of nitrogen functional groups attached to an aromatic ring is 1. The second-order valence-corrected chi connectivity index (χ2v) is 4.07. The van der Waals surface area contributed by atoms with Crippen LogP contribution in [0, 0.1) is 6.92 Å². The van der Waals surface area contributed by atoms with Gasteiger partial charge in [-0.3, -0.25) is 4.68 Å². The van der Waals surface area contributed by atoms with Crippen LogP contribution < -0.4 is 11.1 Å². The van der Waals surface area contributed by atoms with E-state index < -0.39 is 0 Å². The number of benzene rings is 1. The lowest BCUT2D eigenvalue weighted by molar-refractivity contribution is 0.592. The van der Waals surface area contributed by atoms with Gasteiger partial charge in [0, 0.05) is 36.9 Å². The quantitative estimate of drug-likeness (QED) is 0.612. The highest BCUT2D eigenvalue weighted by molar-refractivity contribution is 5.62. The summed E-state index contributed by atoms with van der Waals surface area (Å²) < 4.78 is 1.94. The van der Waals surface area contributed by atoms with Crippen molar-refractivity contribution in [1.29, 1.82) is 0 Å². The third kappa shape index (κ3) is 3.00. The Bertz CT molecular complexity index is 462. The van der Waals surface area contributed by atoms with E-state index in [-0.39, 0.29) is 0 Å². The largest absolute Gasteiger partial charge is 0.398 e. The number of aryl methyl sites for hydroxylation is 1. The Morgan fingerprint density at radius 1 is 1.35 bits per heavy atom. The molecule has 4 nitrogen and oxygen atoms in total. The fourth-order valence-corrected chi connectivity index (χ4v) is 1.74. The average molecular weight is 230 g/mol. The molecule has 0 spiro atoms. The first-order valence-electron chi connectivity index (χ1n) is 5.84. The lowest BCUT2D eigenvalue weighted by Crippen LogP contribution is -2.08. The van der Waals surface area contributed by atoms with Crippen LogP contribution in [0.4, 0.5) is 11.4 Å². The van der Waals surface area contributed by atoms with Gasteiger partial charge in [0.1, 0.15) is 0 Å². The summed E-state index contributed by atoms with van der Waals surface area (Å²) in [5.74, 6) is 0. The maximum absolute atomic E-state index is 5.85. The lowest BCUT2D eigenvalue weighted by atomic mass is 10.1. The number of rotatable bonds is 5. The highest BCUT2D eigenvalue weighted by atomic mass is 15.3. The van der Waals surface area contributed by atoms with Gasteiger partial charge in [-0.05, 0) is 37.1 Å². The van der Waals surface area contributed by atoms with E-state index in [1.807, 2.05) is 36.0 Å². The molecule has 4 heteroatoms. The number of nitrogens with one attached hydrogen (secondary N) is 1. The van der Waals surface area contributed by atoms with Crippen LogP contribution in [0.2, 0.25) is 0 Å². The predicted molar refractivity (Wildman–Crippen MR) is 70.9 cm³/mol. The van der Waals surface area contributed by atoms with Gasteiger partial charge in [0.15, 0.2) is 0 Å². The Balaban J connectivity index is 1.80. The topological polar surface area (TPSA) is 55.9 Å². The van der Waals surface area contributed by atoms with Crippen molar-refractivity contribution in [2.24, 2.45) is 0 Å². The number of anilines is 2. The molecule has 0 radical (unpaired) electrons. The van der Waals surface area contributed by atoms with Crippen LogP contribution in [0.15, 0.2) is 36.7 Å². The maximum atomic E-state index is 5.85. The monoisotopic (exact) mass is 230 g/mol. The first-order chi connectivity index (χ1) is 8.27. The van der Waals surface area contributed by atoms with Crippen LogP contribution in [0.1, 0.15) is 12.0 Å². The molecule has 17 heavy (non-hydrogen) atoms. The van der Waals surface area contributed by atoms with Gasteiger partial charge in [0.2, 0.25) is 0 Å². The van der Waals surface area contributed by atoms with Crippen molar-refractivity contribution >= 4 is 11.4 Å². The predicted octanol–water partition coefficient (Wildman–Crippen LogP) is 2.28. The Morgan fingerprint density at radius 3 is 3.00 bits per heavy atom. The molecule has 0 fully saturated rings. The molecular formula is C13H18N4. The van der Waals surface area contributed by atoms with Crippen molar-refractivity contribution in [1.82, 2.24) is 9.78 Å². The van der Waals surface area contributed by atoms with E-state index in [0.717, 1.165) is 36.4 Å². The third-order valence-corrected chi connectivity index (χ3v) is 2.81. The minimum absolute atomic E-state index is 0.835. The summed E-state index contributed by atoms with van der Waals surface area (Å²) in [5, 5.41) is 7.56. The fourth-order valence-electron chi connectivity index (χ4n) is 1.74. The van der Waals surface area contributed by atoms with Crippen molar-refractivity contribution in [3.63, 3.8) is 0 Å². The molecule has 0 unspecified atom stereocenters. The van der Waals surface area contributed by atoms with E-state index in [2.05, 4.69) is 16.5 Å². The summed E-state index contributed by atoms with van der Waals surface area (Å²) in [6, 6.07) is 7.89. The van der Waals surface area contributed by atoms with Gasteiger partial charge in [0.25, 0.3) is 0 Å². The van der Waals surface area contributed by atoms with E-state index in [4.69, 9.17) is 5.73 Å². The van der Waals surface area contributed by atoms with Crippen LogP contribution in [-0.2, 0) is 6.54 Å². The third-order valence-electron chi connectivity index (χ3n) is 2.81. The van der Waals surface area contributed by atoms with E-state index >= 15 is 0 Å². The highest BCUT2D eigenvalue weighted by Gasteiger charge is 1.99. The first kappa shape index (κ1) is 11.5. The van der Waals surface area contributed by atoms with Crippen LogP contribution in [-0.4, -0.2) is 16.3 Å². The van der Waals surface area contributed by atoms with Crippen LogP contribution in [0.3, 0.4) is 0 Å². The Hall–Kier alpha value is -1.97.